The molecule has 3 rings (SSSR count). The van der Waals surface area contributed by atoms with Crippen molar-refractivity contribution in [1.29, 1.82) is 0 Å². The number of fused-ring (bicyclic) bond motifs is 3. The number of nitrogens with zero attached hydrogens (tertiary/aromatic N) is 2. The van der Waals surface area contributed by atoms with Gasteiger partial charge >= 0.3 is 5.97 Å². The second-order valence-corrected chi connectivity index (χ2v) is 3.93. The van der Waals surface area contributed by atoms with Gasteiger partial charge in [-0.1, -0.05) is 12.1 Å². The zero-order valence-corrected chi connectivity index (χ0v) is 9.96. The van der Waals surface area contributed by atoms with E-state index in [1.165, 1.54) is 0 Å². The summed E-state index contributed by atoms with van der Waals surface area (Å²) in [5.74, 6) is -0.382. The maximum Gasteiger partial charge on any atom is 0.359 e. The van der Waals surface area contributed by atoms with E-state index in [9.17, 15) is 4.79 Å². The van der Waals surface area contributed by atoms with Crippen molar-refractivity contribution in [2.75, 3.05) is 6.61 Å². The minimum Gasteiger partial charge on any atom is -0.461 e. The highest BCUT2D eigenvalue weighted by atomic mass is 16.5. The van der Waals surface area contributed by atoms with Gasteiger partial charge in [-0.2, -0.15) is 0 Å². The lowest BCUT2D eigenvalue weighted by Gasteiger charge is -2.07. The number of carbonyl (C=O) groups is 1. The summed E-state index contributed by atoms with van der Waals surface area (Å²) < 4.78 is 6.99. The standard InChI is InChI=1S/C14H12N2O2/c1-2-18-14(17)13-12-8-5-9-16(12)11-7-4-3-6-10(11)15-13/h3-9H,2H2,1H3. The van der Waals surface area contributed by atoms with Crippen molar-refractivity contribution in [3.8, 4) is 0 Å². The molecule has 0 bridgehead atoms. The molecular formula is C14H12N2O2. The second-order valence-electron chi connectivity index (χ2n) is 3.93. The maximum absolute atomic E-state index is 11.9. The molecular weight excluding hydrogens is 228 g/mol. The molecule has 0 N–H and O–H groups in total. The summed E-state index contributed by atoms with van der Waals surface area (Å²) in [6.45, 7) is 2.13. The number of para-hydroxylation sites is 2. The van der Waals surface area contributed by atoms with Gasteiger partial charge in [0.1, 0.15) is 0 Å². The number of benzene rings is 1. The summed E-state index contributed by atoms with van der Waals surface area (Å²) in [5, 5.41) is 0. The first kappa shape index (κ1) is 10.8. The molecule has 0 saturated carbocycles. The van der Waals surface area contributed by atoms with Gasteiger partial charge in [-0.25, -0.2) is 9.78 Å². The molecule has 4 heteroatoms. The molecule has 2 aromatic heterocycles. The highest BCUT2D eigenvalue weighted by Crippen LogP contribution is 2.19. The van der Waals surface area contributed by atoms with E-state index in [4.69, 9.17) is 4.74 Å². The molecule has 0 aliphatic heterocycles. The lowest BCUT2D eigenvalue weighted by molar-refractivity contribution is 0.0522. The fraction of sp³-hybridized carbons (Fsp3) is 0.143. The van der Waals surface area contributed by atoms with E-state index in [0.717, 1.165) is 16.6 Å². The summed E-state index contributed by atoms with van der Waals surface area (Å²) in [6.07, 6.45) is 1.92. The van der Waals surface area contributed by atoms with Gasteiger partial charge in [-0.05, 0) is 31.2 Å². The first-order valence-corrected chi connectivity index (χ1v) is 5.84. The van der Waals surface area contributed by atoms with E-state index in [2.05, 4.69) is 4.98 Å². The van der Waals surface area contributed by atoms with Crippen LogP contribution in [0.2, 0.25) is 0 Å². The Kier molecular flexibility index (Phi) is 2.48. The predicted molar refractivity (Wildman–Crippen MR) is 68.7 cm³/mol. The molecule has 0 saturated heterocycles. The van der Waals surface area contributed by atoms with Gasteiger partial charge in [0.2, 0.25) is 0 Å². The van der Waals surface area contributed by atoms with Gasteiger partial charge in [0.15, 0.2) is 5.69 Å². The van der Waals surface area contributed by atoms with Crippen LogP contribution in [0.4, 0.5) is 0 Å². The largest absolute Gasteiger partial charge is 0.461 e. The van der Waals surface area contributed by atoms with Gasteiger partial charge in [0, 0.05) is 6.20 Å². The molecule has 3 aromatic rings. The molecule has 0 atom stereocenters. The number of esters is 1. The third-order valence-corrected chi connectivity index (χ3v) is 2.83. The third kappa shape index (κ3) is 1.54. The highest BCUT2D eigenvalue weighted by molar-refractivity contribution is 5.98. The van der Waals surface area contributed by atoms with Crippen molar-refractivity contribution in [3.05, 3.63) is 48.3 Å². The van der Waals surface area contributed by atoms with Gasteiger partial charge < -0.3 is 9.14 Å². The molecule has 0 aliphatic carbocycles. The summed E-state index contributed by atoms with van der Waals surface area (Å²) in [4.78, 5) is 16.3. The zero-order chi connectivity index (χ0) is 12.5. The van der Waals surface area contributed by atoms with Crippen LogP contribution >= 0.6 is 0 Å². The Morgan fingerprint density at radius 2 is 2.00 bits per heavy atom. The smallest absolute Gasteiger partial charge is 0.359 e. The fourth-order valence-electron chi connectivity index (χ4n) is 2.07. The van der Waals surface area contributed by atoms with E-state index in [1.54, 1.807) is 6.92 Å². The van der Waals surface area contributed by atoms with Crippen molar-refractivity contribution in [3.63, 3.8) is 0 Å². The first-order chi connectivity index (χ1) is 8.81. The Morgan fingerprint density at radius 3 is 2.83 bits per heavy atom. The number of ether oxygens (including phenoxy) is 1. The Balaban J connectivity index is 2.35. The zero-order valence-electron chi connectivity index (χ0n) is 9.96. The molecule has 0 aliphatic rings. The van der Waals surface area contributed by atoms with Gasteiger partial charge in [0.25, 0.3) is 0 Å². The predicted octanol–water partition coefficient (Wildman–Crippen LogP) is 2.66. The molecule has 0 radical (unpaired) electrons. The topological polar surface area (TPSA) is 43.6 Å². The van der Waals surface area contributed by atoms with Crippen molar-refractivity contribution in [2.45, 2.75) is 6.92 Å². The van der Waals surface area contributed by atoms with Crippen molar-refractivity contribution < 1.29 is 9.53 Å². The fourth-order valence-corrected chi connectivity index (χ4v) is 2.07. The third-order valence-electron chi connectivity index (χ3n) is 2.83. The van der Waals surface area contributed by atoms with E-state index in [-0.39, 0.29) is 5.97 Å². The normalized spacial score (nSPS) is 10.9. The molecule has 0 spiro atoms. The quantitative estimate of drug-likeness (QED) is 0.647. The lowest BCUT2D eigenvalue weighted by Crippen LogP contribution is -2.09. The van der Waals surface area contributed by atoms with Gasteiger partial charge in [-0.3, -0.25) is 0 Å². The Morgan fingerprint density at radius 1 is 1.22 bits per heavy atom. The first-order valence-electron chi connectivity index (χ1n) is 5.84. The summed E-state index contributed by atoms with van der Waals surface area (Å²) in [7, 11) is 0. The van der Waals surface area contributed by atoms with E-state index in [0.29, 0.717) is 12.3 Å². The van der Waals surface area contributed by atoms with Crippen LogP contribution in [0.25, 0.3) is 16.6 Å². The summed E-state index contributed by atoms with van der Waals surface area (Å²) >= 11 is 0. The van der Waals surface area contributed by atoms with Crippen LogP contribution in [0, 0.1) is 0 Å². The van der Waals surface area contributed by atoms with Crippen molar-refractivity contribution >= 4 is 22.5 Å². The van der Waals surface area contributed by atoms with Crippen LogP contribution in [0.3, 0.4) is 0 Å². The average Bonchev–Trinajstić information content (AvgIpc) is 2.87. The minimum atomic E-state index is -0.382. The Bertz CT molecular complexity index is 731. The lowest BCUT2D eigenvalue weighted by atomic mass is 10.2. The Hall–Kier alpha value is -2.36. The van der Waals surface area contributed by atoms with Crippen LogP contribution < -0.4 is 0 Å². The highest BCUT2D eigenvalue weighted by Gasteiger charge is 2.15. The van der Waals surface area contributed by atoms with Gasteiger partial charge in [0.05, 0.1) is 23.2 Å². The van der Waals surface area contributed by atoms with E-state index >= 15 is 0 Å². The number of hydrogen-bond acceptors (Lipinski definition) is 3. The minimum absolute atomic E-state index is 0.347. The molecule has 0 unspecified atom stereocenters. The SMILES string of the molecule is CCOC(=O)c1nc2ccccc2n2cccc12. The number of carbonyl (C=O) groups excluding carboxylic acids is 1. The molecule has 18 heavy (non-hydrogen) atoms. The molecule has 1 aromatic carbocycles. The molecule has 4 nitrogen and oxygen atoms in total. The number of rotatable bonds is 2. The van der Waals surface area contributed by atoms with Crippen LogP contribution in [-0.2, 0) is 4.74 Å². The molecule has 2 heterocycles. The number of aromatic nitrogens is 2. The summed E-state index contributed by atoms with van der Waals surface area (Å²) in [5.41, 5.74) is 2.89. The molecule has 0 fully saturated rings. The number of hydrogen-bond donors (Lipinski definition) is 0. The van der Waals surface area contributed by atoms with Crippen LogP contribution in [-0.4, -0.2) is 22.0 Å². The van der Waals surface area contributed by atoms with Crippen LogP contribution in [0.15, 0.2) is 42.6 Å². The van der Waals surface area contributed by atoms with E-state index in [1.807, 2.05) is 47.0 Å². The van der Waals surface area contributed by atoms with E-state index < -0.39 is 0 Å². The monoisotopic (exact) mass is 240 g/mol. The second kappa shape index (κ2) is 4.14. The van der Waals surface area contributed by atoms with Crippen LogP contribution in [0.5, 0.6) is 0 Å². The maximum atomic E-state index is 11.9. The van der Waals surface area contributed by atoms with Crippen molar-refractivity contribution in [2.24, 2.45) is 0 Å². The summed E-state index contributed by atoms with van der Waals surface area (Å²) in [6, 6.07) is 11.5. The Labute approximate surface area is 104 Å². The van der Waals surface area contributed by atoms with Crippen molar-refractivity contribution in [1.82, 2.24) is 9.38 Å². The molecule has 0 amide bonds. The van der Waals surface area contributed by atoms with Crippen LogP contribution in [0.1, 0.15) is 17.4 Å². The molecule has 90 valence electrons. The average molecular weight is 240 g/mol. The van der Waals surface area contributed by atoms with Gasteiger partial charge in [-0.15, -0.1) is 0 Å².